The number of aromatic nitrogens is 2. The van der Waals surface area contributed by atoms with Gasteiger partial charge in [-0.3, -0.25) is 9.36 Å². The van der Waals surface area contributed by atoms with E-state index in [1.54, 1.807) is 0 Å². The van der Waals surface area contributed by atoms with E-state index in [2.05, 4.69) is 6.07 Å². The fourth-order valence-corrected chi connectivity index (χ4v) is 4.56. The van der Waals surface area contributed by atoms with Gasteiger partial charge in [-0.15, -0.1) is 11.3 Å². The van der Waals surface area contributed by atoms with Crippen LogP contribution in [0.5, 0.6) is 0 Å². The average Bonchev–Trinajstić information content (AvgIpc) is 3.08. The fourth-order valence-electron chi connectivity index (χ4n) is 3.63. The molecule has 4 rings (SSSR count). The standard InChI is InChI=1S/C23H21FN2OS/c1-14-5-4-6-17(12-14)21-25-22-20(23(27)26(21)10-9-24)19(13-28-22)18-8-7-15(2)11-16(18)3/h4-8,11-13H,9-10H2,1-3H3. The summed E-state index contributed by atoms with van der Waals surface area (Å²) in [4.78, 5) is 18.9. The molecular formula is C23H21FN2OS. The van der Waals surface area contributed by atoms with Crippen molar-refractivity contribution in [1.29, 1.82) is 0 Å². The third kappa shape index (κ3) is 3.16. The summed E-state index contributed by atoms with van der Waals surface area (Å²) in [6.07, 6.45) is 0. The van der Waals surface area contributed by atoms with Crippen molar-refractivity contribution in [2.75, 3.05) is 6.67 Å². The average molecular weight is 392 g/mol. The highest BCUT2D eigenvalue weighted by molar-refractivity contribution is 7.17. The number of nitrogens with zero attached hydrogens (tertiary/aromatic N) is 2. The van der Waals surface area contributed by atoms with Crippen LogP contribution in [0.2, 0.25) is 0 Å². The van der Waals surface area contributed by atoms with Crippen molar-refractivity contribution in [1.82, 2.24) is 9.55 Å². The molecular weight excluding hydrogens is 371 g/mol. The maximum atomic E-state index is 13.4. The van der Waals surface area contributed by atoms with E-state index in [0.717, 1.165) is 27.8 Å². The lowest BCUT2D eigenvalue weighted by molar-refractivity contribution is 0.441. The molecule has 3 nitrogen and oxygen atoms in total. The first-order valence-corrected chi connectivity index (χ1v) is 10.1. The van der Waals surface area contributed by atoms with Crippen molar-refractivity contribution in [2.24, 2.45) is 0 Å². The molecule has 28 heavy (non-hydrogen) atoms. The van der Waals surface area contributed by atoms with Crippen molar-refractivity contribution in [3.8, 4) is 22.5 Å². The van der Waals surface area contributed by atoms with E-state index in [4.69, 9.17) is 4.98 Å². The molecule has 0 fully saturated rings. The van der Waals surface area contributed by atoms with Gasteiger partial charge in [-0.05, 0) is 38.0 Å². The summed E-state index contributed by atoms with van der Waals surface area (Å²) in [6.45, 7) is 5.46. The highest BCUT2D eigenvalue weighted by Gasteiger charge is 2.19. The van der Waals surface area contributed by atoms with E-state index in [1.807, 2.05) is 62.5 Å². The summed E-state index contributed by atoms with van der Waals surface area (Å²) in [6, 6.07) is 14.0. The van der Waals surface area contributed by atoms with Gasteiger partial charge in [0.2, 0.25) is 0 Å². The molecule has 0 aliphatic heterocycles. The van der Waals surface area contributed by atoms with E-state index < -0.39 is 6.67 Å². The zero-order valence-corrected chi connectivity index (χ0v) is 16.9. The number of rotatable bonds is 4. The lowest BCUT2D eigenvalue weighted by Crippen LogP contribution is -2.24. The number of halogens is 1. The van der Waals surface area contributed by atoms with Crippen molar-refractivity contribution >= 4 is 21.6 Å². The van der Waals surface area contributed by atoms with Gasteiger partial charge in [-0.2, -0.15) is 0 Å². The van der Waals surface area contributed by atoms with Crippen LogP contribution in [0.25, 0.3) is 32.7 Å². The van der Waals surface area contributed by atoms with E-state index in [-0.39, 0.29) is 12.1 Å². The van der Waals surface area contributed by atoms with Gasteiger partial charge in [0.05, 0.1) is 11.9 Å². The Labute approximate surface area is 167 Å². The van der Waals surface area contributed by atoms with Crippen molar-refractivity contribution in [3.63, 3.8) is 0 Å². The largest absolute Gasteiger partial charge is 0.289 e. The van der Waals surface area contributed by atoms with Gasteiger partial charge < -0.3 is 0 Å². The molecule has 0 atom stereocenters. The van der Waals surface area contributed by atoms with E-state index in [1.165, 1.54) is 21.5 Å². The number of hydrogen-bond donors (Lipinski definition) is 0. The molecule has 0 unspecified atom stereocenters. The molecule has 4 aromatic rings. The second-order valence-corrected chi connectivity index (χ2v) is 7.96. The number of alkyl halides is 1. The van der Waals surface area contributed by atoms with Crippen molar-refractivity contribution in [2.45, 2.75) is 27.3 Å². The van der Waals surface area contributed by atoms with Crippen LogP contribution in [-0.4, -0.2) is 16.2 Å². The Hall–Kier alpha value is -2.79. The summed E-state index contributed by atoms with van der Waals surface area (Å²) in [5.41, 5.74) is 5.89. The summed E-state index contributed by atoms with van der Waals surface area (Å²) in [5, 5.41) is 2.55. The van der Waals surface area contributed by atoms with Gasteiger partial charge in [0, 0.05) is 16.5 Å². The van der Waals surface area contributed by atoms with Crippen LogP contribution in [0, 0.1) is 20.8 Å². The van der Waals surface area contributed by atoms with E-state index in [0.29, 0.717) is 16.0 Å². The first kappa shape index (κ1) is 18.6. The molecule has 0 saturated carbocycles. The topological polar surface area (TPSA) is 34.9 Å². The Morgan fingerprint density at radius 1 is 1.04 bits per heavy atom. The predicted octanol–water partition coefficient (Wildman–Crippen LogP) is 5.69. The molecule has 2 aromatic heterocycles. The number of thiophene rings is 1. The second-order valence-electron chi connectivity index (χ2n) is 7.10. The zero-order valence-electron chi connectivity index (χ0n) is 16.1. The van der Waals surface area contributed by atoms with Gasteiger partial charge in [0.1, 0.15) is 17.3 Å². The highest BCUT2D eigenvalue weighted by atomic mass is 32.1. The molecule has 142 valence electrons. The normalized spacial score (nSPS) is 11.3. The Bertz CT molecular complexity index is 1240. The van der Waals surface area contributed by atoms with Crippen LogP contribution >= 0.6 is 11.3 Å². The van der Waals surface area contributed by atoms with E-state index >= 15 is 0 Å². The lowest BCUT2D eigenvalue weighted by atomic mass is 9.99. The summed E-state index contributed by atoms with van der Waals surface area (Å²) in [5.74, 6) is 0.521. The first-order chi connectivity index (χ1) is 13.5. The molecule has 0 aliphatic rings. The molecule has 0 N–H and O–H groups in total. The van der Waals surface area contributed by atoms with E-state index in [9.17, 15) is 9.18 Å². The monoisotopic (exact) mass is 392 g/mol. The number of fused-ring (bicyclic) bond motifs is 1. The molecule has 0 spiro atoms. The maximum absolute atomic E-state index is 13.4. The Morgan fingerprint density at radius 2 is 1.82 bits per heavy atom. The third-order valence-electron chi connectivity index (χ3n) is 4.95. The molecule has 0 saturated heterocycles. The quantitative estimate of drug-likeness (QED) is 0.447. The molecule has 0 aliphatic carbocycles. The van der Waals surface area contributed by atoms with Crippen LogP contribution in [0.4, 0.5) is 4.39 Å². The third-order valence-corrected chi connectivity index (χ3v) is 5.82. The lowest BCUT2D eigenvalue weighted by Gasteiger charge is -2.12. The van der Waals surface area contributed by atoms with Crippen LogP contribution in [0.1, 0.15) is 16.7 Å². The zero-order chi connectivity index (χ0) is 19.8. The predicted molar refractivity (Wildman–Crippen MR) is 115 cm³/mol. The summed E-state index contributed by atoms with van der Waals surface area (Å²) >= 11 is 1.46. The van der Waals surface area contributed by atoms with Gasteiger partial charge in [-0.25, -0.2) is 9.37 Å². The Kier molecular flexibility index (Phi) is 4.85. The minimum Gasteiger partial charge on any atom is -0.289 e. The minimum atomic E-state index is -0.616. The first-order valence-electron chi connectivity index (χ1n) is 9.22. The van der Waals surface area contributed by atoms with Crippen LogP contribution in [-0.2, 0) is 6.54 Å². The summed E-state index contributed by atoms with van der Waals surface area (Å²) in [7, 11) is 0. The maximum Gasteiger partial charge on any atom is 0.263 e. The SMILES string of the molecule is Cc1cccc(-c2nc3scc(-c4ccc(C)cc4C)c3c(=O)n2CCF)c1. The molecule has 0 bridgehead atoms. The minimum absolute atomic E-state index is 0.00673. The van der Waals surface area contributed by atoms with Crippen LogP contribution in [0.15, 0.2) is 52.6 Å². The smallest absolute Gasteiger partial charge is 0.263 e. The van der Waals surface area contributed by atoms with Crippen LogP contribution in [0.3, 0.4) is 0 Å². The van der Waals surface area contributed by atoms with Gasteiger partial charge in [-0.1, -0.05) is 47.5 Å². The van der Waals surface area contributed by atoms with Crippen molar-refractivity contribution < 1.29 is 4.39 Å². The Morgan fingerprint density at radius 3 is 2.54 bits per heavy atom. The highest BCUT2D eigenvalue weighted by Crippen LogP contribution is 2.34. The van der Waals surface area contributed by atoms with Gasteiger partial charge >= 0.3 is 0 Å². The number of benzene rings is 2. The molecule has 2 aromatic carbocycles. The van der Waals surface area contributed by atoms with Gasteiger partial charge in [0.15, 0.2) is 0 Å². The molecule has 2 heterocycles. The summed E-state index contributed by atoms with van der Waals surface area (Å²) < 4.78 is 14.8. The Balaban J connectivity index is 2.01. The van der Waals surface area contributed by atoms with Gasteiger partial charge in [0.25, 0.3) is 5.56 Å². The second kappa shape index (κ2) is 7.32. The molecule has 0 radical (unpaired) electrons. The van der Waals surface area contributed by atoms with Crippen LogP contribution < -0.4 is 5.56 Å². The van der Waals surface area contributed by atoms with Crippen molar-refractivity contribution in [3.05, 3.63) is 74.9 Å². The fraction of sp³-hybridized carbons (Fsp3) is 0.217. The molecule has 5 heteroatoms. The number of aryl methyl sites for hydroxylation is 3. The number of hydrogen-bond acceptors (Lipinski definition) is 3. The molecule has 0 amide bonds.